The van der Waals surface area contributed by atoms with Crippen LogP contribution < -0.4 is 5.73 Å². The number of nitrogens with zero attached hydrogens (tertiary/aromatic N) is 3. The second-order valence-electron chi connectivity index (χ2n) is 5.71. The first-order valence-electron chi connectivity index (χ1n) is 7.05. The molecule has 3 rings (SSSR count). The monoisotopic (exact) mass is 286 g/mol. The molecule has 1 aliphatic heterocycles. The Morgan fingerprint density at radius 1 is 1.37 bits per heavy atom. The van der Waals surface area contributed by atoms with Crippen LogP contribution in [0.1, 0.15) is 37.9 Å². The third-order valence-corrected chi connectivity index (χ3v) is 4.33. The van der Waals surface area contributed by atoms with Gasteiger partial charge >= 0.3 is 0 Å². The fourth-order valence-corrected chi connectivity index (χ4v) is 3.40. The Kier molecular flexibility index (Phi) is 4.81. The van der Waals surface area contributed by atoms with Crippen molar-refractivity contribution in [2.75, 3.05) is 13.1 Å². The van der Waals surface area contributed by atoms with E-state index in [4.69, 9.17) is 10.3 Å². The van der Waals surface area contributed by atoms with E-state index < -0.39 is 0 Å². The molecule has 108 valence electrons. The number of nitrogens with two attached hydrogens (primary N) is 1. The second-order valence-corrected chi connectivity index (χ2v) is 5.71. The maximum absolute atomic E-state index is 6.14. The van der Waals surface area contributed by atoms with E-state index in [1.165, 1.54) is 12.8 Å². The molecule has 1 aromatic heterocycles. The van der Waals surface area contributed by atoms with Gasteiger partial charge in [-0.05, 0) is 31.1 Å². The minimum atomic E-state index is 0. The van der Waals surface area contributed by atoms with Crippen LogP contribution in [0.4, 0.5) is 0 Å². The summed E-state index contributed by atoms with van der Waals surface area (Å²) < 4.78 is 5.22. The van der Waals surface area contributed by atoms with Crippen LogP contribution >= 0.6 is 12.4 Å². The summed E-state index contributed by atoms with van der Waals surface area (Å²) in [4.78, 5) is 6.85. The van der Waals surface area contributed by atoms with Crippen molar-refractivity contribution in [1.82, 2.24) is 15.0 Å². The van der Waals surface area contributed by atoms with Crippen molar-refractivity contribution in [1.29, 1.82) is 0 Å². The Hall–Kier alpha value is -0.650. The molecule has 2 aliphatic rings. The van der Waals surface area contributed by atoms with Crippen molar-refractivity contribution in [3.8, 4) is 0 Å². The molecule has 19 heavy (non-hydrogen) atoms. The van der Waals surface area contributed by atoms with Crippen LogP contribution in [0.2, 0.25) is 0 Å². The van der Waals surface area contributed by atoms with Crippen LogP contribution in [0.15, 0.2) is 4.52 Å². The summed E-state index contributed by atoms with van der Waals surface area (Å²) in [5, 5.41) is 4.05. The minimum absolute atomic E-state index is 0. The quantitative estimate of drug-likeness (QED) is 0.911. The Balaban J connectivity index is 0.00000133. The highest BCUT2D eigenvalue weighted by Crippen LogP contribution is 2.37. The lowest BCUT2D eigenvalue weighted by molar-refractivity contribution is 0.283. The van der Waals surface area contributed by atoms with Crippen LogP contribution in [0.25, 0.3) is 0 Å². The van der Waals surface area contributed by atoms with E-state index in [0.717, 1.165) is 50.1 Å². The Labute approximate surface area is 120 Å². The van der Waals surface area contributed by atoms with E-state index in [1.54, 1.807) is 0 Å². The van der Waals surface area contributed by atoms with E-state index in [1.807, 2.05) is 0 Å². The SMILES string of the molecule is CCCc1nc(CN2CC3CCC(N)C3C2)no1.Cl. The van der Waals surface area contributed by atoms with E-state index in [-0.39, 0.29) is 12.4 Å². The zero-order chi connectivity index (χ0) is 12.5. The maximum Gasteiger partial charge on any atom is 0.226 e. The van der Waals surface area contributed by atoms with Crippen LogP contribution in [0.5, 0.6) is 0 Å². The lowest BCUT2D eigenvalue weighted by Gasteiger charge is -2.16. The van der Waals surface area contributed by atoms with Crippen molar-refractivity contribution in [2.45, 2.75) is 45.2 Å². The average Bonchev–Trinajstić information content (AvgIpc) is 3.00. The van der Waals surface area contributed by atoms with E-state index in [2.05, 4.69) is 22.0 Å². The molecule has 1 saturated carbocycles. The van der Waals surface area contributed by atoms with Crippen LogP contribution in [0.3, 0.4) is 0 Å². The van der Waals surface area contributed by atoms with Gasteiger partial charge in [0.2, 0.25) is 5.89 Å². The van der Waals surface area contributed by atoms with Gasteiger partial charge in [0.15, 0.2) is 5.82 Å². The molecule has 1 aromatic rings. The molecule has 2 N–H and O–H groups in total. The summed E-state index contributed by atoms with van der Waals surface area (Å²) in [6.45, 7) is 5.18. The van der Waals surface area contributed by atoms with Gasteiger partial charge in [0.05, 0.1) is 6.54 Å². The van der Waals surface area contributed by atoms with Gasteiger partial charge in [-0.1, -0.05) is 12.1 Å². The molecule has 0 radical (unpaired) electrons. The van der Waals surface area contributed by atoms with Crippen LogP contribution in [0, 0.1) is 11.8 Å². The van der Waals surface area contributed by atoms with Crippen molar-refractivity contribution in [3.63, 3.8) is 0 Å². The van der Waals surface area contributed by atoms with Crippen LogP contribution in [-0.2, 0) is 13.0 Å². The van der Waals surface area contributed by atoms with Gasteiger partial charge in [-0.3, -0.25) is 4.90 Å². The van der Waals surface area contributed by atoms with Gasteiger partial charge < -0.3 is 10.3 Å². The Morgan fingerprint density at radius 2 is 2.21 bits per heavy atom. The van der Waals surface area contributed by atoms with Gasteiger partial charge in [0.25, 0.3) is 0 Å². The standard InChI is InChI=1S/C13H22N4O.ClH/c1-2-3-13-15-12(16-18-13)8-17-6-9-4-5-11(14)10(9)7-17;/h9-11H,2-8,14H2,1H3;1H. The molecule has 5 nitrogen and oxygen atoms in total. The summed E-state index contributed by atoms with van der Waals surface area (Å²) in [5.41, 5.74) is 6.14. The fraction of sp³-hybridized carbons (Fsp3) is 0.846. The molecule has 0 aromatic carbocycles. The summed E-state index contributed by atoms with van der Waals surface area (Å²) in [6.07, 6.45) is 4.41. The van der Waals surface area contributed by atoms with Gasteiger partial charge in [0.1, 0.15) is 0 Å². The third kappa shape index (κ3) is 3.09. The number of aromatic nitrogens is 2. The average molecular weight is 287 g/mol. The van der Waals surface area contributed by atoms with E-state index >= 15 is 0 Å². The number of likely N-dealkylation sites (tertiary alicyclic amines) is 1. The molecule has 0 spiro atoms. The zero-order valence-electron chi connectivity index (χ0n) is 11.4. The predicted molar refractivity (Wildman–Crippen MR) is 75.0 cm³/mol. The smallest absolute Gasteiger partial charge is 0.226 e. The molecule has 0 bridgehead atoms. The van der Waals surface area contributed by atoms with Gasteiger partial charge in [-0.2, -0.15) is 4.98 Å². The van der Waals surface area contributed by atoms with Gasteiger partial charge in [0, 0.05) is 25.6 Å². The maximum atomic E-state index is 6.14. The second kappa shape index (κ2) is 6.20. The summed E-state index contributed by atoms with van der Waals surface area (Å²) >= 11 is 0. The number of fused-ring (bicyclic) bond motifs is 1. The highest BCUT2D eigenvalue weighted by atomic mass is 35.5. The molecule has 2 fully saturated rings. The molecular weight excluding hydrogens is 264 g/mol. The molecule has 6 heteroatoms. The topological polar surface area (TPSA) is 68.2 Å². The lowest BCUT2D eigenvalue weighted by atomic mass is 9.98. The highest BCUT2D eigenvalue weighted by molar-refractivity contribution is 5.85. The highest BCUT2D eigenvalue weighted by Gasteiger charge is 2.40. The minimum Gasteiger partial charge on any atom is -0.339 e. The molecule has 1 saturated heterocycles. The van der Waals surface area contributed by atoms with Crippen LogP contribution in [-0.4, -0.2) is 34.2 Å². The number of hydrogen-bond donors (Lipinski definition) is 1. The Bertz CT molecular complexity index is 411. The summed E-state index contributed by atoms with van der Waals surface area (Å²) in [7, 11) is 0. The molecule has 0 amide bonds. The molecule has 3 atom stereocenters. The number of halogens is 1. The normalized spacial score (nSPS) is 30.3. The Morgan fingerprint density at radius 3 is 2.95 bits per heavy atom. The first-order chi connectivity index (χ1) is 8.76. The molecular formula is C13H23ClN4O. The molecule has 2 heterocycles. The lowest BCUT2D eigenvalue weighted by Crippen LogP contribution is -2.30. The summed E-state index contributed by atoms with van der Waals surface area (Å²) in [5.74, 6) is 3.07. The first-order valence-corrected chi connectivity index (χ1v) is 7.05. The molecule has 1 aliphatic carbocycles. The molecule has 3 unspecified atom stereocenters. The van der Waals surface area contributed by atoms with Gasteiger partial charge in [-0.25, -0.2) is 0 Å². The third-order valence-electron chi connectivity index (χ3n) is 4.33. The van der Waals surface area contributed by atoms with E-state index in [0.29, 0.717) is 12.0 Å². The van der Waals surface area contributed by atoms with Crippen molar-refractivity contribution < 1.29 is 4.52 Å². The predicted octanol–water partition coefficient (Wildman–Crippen LogP) is 1.61. The number of aryl methyl sites for hydroxylation is 1. The first kappa shape index (κ1) is 14.8. The van der Waals surface area contributed by atoms with Gasteiger partial charge in [-0.15, -0.1) is 12.4 Å². The van der Waals surface area contributed by atoms with Crippen molar-refractivity contribution in [3.05, 3.63) is 11.7 Å². The fourth-order valence-electron chi connectivity index (χ4n) is 3.40. The van der Waals surface area contributed by atoms with E-state index in [9.17, 15) is 0 Å². The largest absolute Gasteiger partial charge is 0.339 e. The number of hydrogen-bond acceptors (Lipinski definition) is 5. The van der Waals surface area contributed by atoms with Crippen molar-refractivity contribution >= 4 is 12.4 Å². The zero-order valence-corrected chi connectivity index (χ0v) is 12.2. The summed E-state index contributed by atoms with van der Waals surface area (Å²) in [6, 6.07) is 0.404. The van der Waals surface area contributed by atoms with Crippen molar-refractivity contribution in [2.24, 2.45) is 17.6 Å². The number of rotatable bonds is 4.